The van der Waals surface area contributed by atoms with Crippen molar-refractivity contribution in [3.8, 4) is 0 Å². The summed E-state index contributed by atoms with van der Waals surface area (Å²) in [5, 5.41) is 10.3. The normalized spacial score (nSPS) is 23.5. The van der Waals surface area contributed by atoms with Gasteiger partial charge in [-0.1, -0.05) is 0 Å². The molecule has 1 aliphatic heterocycles. The maximum Gasteiger partial charge on any atom is 0.157 e. The van der Waals surface area contributed by atoms with Crippen LogP contribution in [0.3, 0.4) is 0 Å². The molecule has 2 aliphatic rings. The average Bonchev–Trinajstić information content (AvgIpc) is 2.97. The molecule has 19 heavy (non-hydrogen) atoms. The number of fused-ring (bicyclic) bond motifs is 1. The molecule has 1 aromatic heterocycles. The van der Waals surface area contributed by atoms with Crippen LogP contribution in [0.15, 0.2) is 42.4 Å². The molecule has 1 aromatic rings. The van der Waals surface area contributed by atoms with Crippen molar-refractivity contribution in [3.63, 3.8) is 0 Å². The van der Waals surface area contributed by atoms with E-state index in [0.717, 1.165) is 24.5 Å². The number of aromatic nitrogens is 2. The lowest BCUT2D eigenvalue weighted by Gasteiger charge is -2.28. The first-order chi connectivity index (χ1) is 9.33. The van der Waals surface area contributed by atoms with Gasteiger partial charge in [0.15, 0.2) is 11.5 Å². The van der Waals surface area contributed by atoms with Crippen LogP contribution in [0.5, 0.6) is 0 Å². The van der Waals surface area contributed by atoms with E-state index in [0.29, 0.717) is 19.6 Å². The summed E-state index contributed by atoms with van der Waals surface area (Å²) in [6, 6.07) is 0. The zero-order valence-corrected chi connectivity index (χ0v) is 10.7. The van der Waals surface area contributed by atoms with E-state index in [1.54, 1.807) is 12.5 Å². The molecule has 5 nitrogen and oxygen atoms in total. The van der Waals surface area contributed by atoms with Gasteiger partial charge in [0.1, 0.15) is 13.2 Å². The molecule has 0 spiro atoms. The van der Waals surface area contributed by atoms with Gasteiger partial charge < -0.3 is 19.1 Å². The predicted molar refractivity (Wildman–Crippen MR) is 69.0 cm³/mol. The van der Waals surface area contributed by atoms with E-state index in [4.69, 9.17) is 9.47 Å². The van der Waals surface area contributed by atoms with Gasteiger partial charge in [0, 0.05) is 24.9 Å². The number of nitrogens with zero attached hydrogens (tertiary/aromatic N) is 2. The maximum absolute atomic E-state index is 10.3. The first kappa shape index (κ1) is 12.3. The number of imidazole rings is 1. The number of rotatable bonds is 4. The Morgan fingerprint density at radius 1 is 1.37 bits per heavy atom. The number of aliphatic hydroxyl groups excluding tert-OH is 1. The van der Waals surface area contributed by atoms with Crippen molar-refractivity contribution in [2.24, 2.45) is 5.92 Å². The second-order valence-corrected chi connectivity index (χ2v) is 4.85. The van der Waals surface area contributed by atoms with Crippen LogP contribution in [0.1, 0.15) is 12.8 Å². The summed E-state index contributed by atoms with van der Waals surface area (Å²) >= 11 is 0. The highest BCUT2D eigenvalue weighted by atomic mass is 16.6. The summed E-state index contributed by atoms with van der Waals surface area (Å²) in [4.78, 5) is 3.99. The lowest BCUT2D eigenvalue weighted by molar-refractivity contribution is 0.0488. The van der Waals surface area contributed by atoms with Crippen LogP contribution in [0.4, 0.5) is 0 Å². The number of allylic oxidation sites excluding steroid dienone is 1. The van der Waals surface area contributed by atoms with E-state index in [2.05, 4.69) is 4.98 Å². The SMILES string of the molecule is O[C@H](CCn1ccnc1)C1C=C2OCCOC2=CC1. The second kappa shape index (κ2) is 5.48. The summed E-state index contributed by atoms with van der Waals surface area (Å²) in [6.45, 7) is 1.97. The van der Waals surface area contributed by atoms with E-state index in [-0.39, 0.29) is 12.0 Å². The van der Waals surface area contributed by atoms with Gasteiger partial charge in [-0.15, -0.1) is 0 Å². The van der Waals surface area contributed by atoms with Crippen molar-refractivity contribution >= 4 is 0 Å². The minimum atomic E-state index is -0.377. The molecular weight excluding hydrogens is 244 g/mol. The Balaban J connectivity index is 1.57. The van der Waals surface area contributed by atoms with Gasteiger partial charge in [0.2, 0.25) is 0 Å². The molecule has 2 atom stereocenters. The fourth-order valence-corrected chi connectivity index (χ4v) is 2.42. The Morgan fingerprint density at radius 2 is 2.21 bits per heavy atom. The van der Waals surface area contributed by atoms with Crippen LogP contribution in [0.2, 0.25) is 0 Å². The van der Waals surface area contributed by atoms with Gasteiger partial charge in [-0.25, -0.2) is 4.98 Å². The minimum absolute atomic E-state index is 0.101. The first-order valence-corrected chi connectivity index (χ1v) is 6.64. The fourth-order valence-electron chi connectivity index (χ4n) is 2.42. The van der Waals surface area contributed by atoms with Crippen molar-refractivity contribution in [1.29, 1.82) is 0 Å². The predicted octanol–water partition coefficient (Wildman–Crippen LogP) is 1.47. The molecule has 0 radical (unpaired) electrons. The maximum atomic E-state index is 10.3. The van der Waals surface area contributed by atoms with Gasteiger partial charge in [0.25, 0.3) is 0 Å². The van der Waals surface area contributed by atoms with Crippen LogP contribution in [0, 0.1) is 5.92 Å². The summed E-state index contributed by atoms with van der Waals surface area (Å²) in [6.07, 6.45) is 10.6. The average molecular weight is 262 g/mol. The molecule has 2 heterocycles. The number of aryl methyl sites for hydroxylation is 1. The molecule has 0 saturated carbocycles. The highest BCUT2D eigenvalue weighted by Gasteiger charge is 2.25. The molecule has 1 fully saturated rings. The Morgan fingerprint density at radius 3 is 3.00 bits per heavy atom. The molecule has 1 unspecified atom stereocenters. The second-order valence-electron chi connectivity index (χ2n) is 4.85. The number of hydrogen-bond acceptors (Lipinski definition) is 4. The lowest BCUT2D eigenvalue weighted by atomic mass is 9.91. The summed E-state index contributed by atoms with van der Waals surface area (Å²) in [5.41, 5.74) is 0. The van der Waals surface area contributed by atoms with E-state index in [1.807, 2.05) is 22.9 Å². The Hall–Kier alpha value is -1.75. The molecular formula is C14H18N2O3. The molecule has 0 bridgehead atoms. The minimum Gasteiger partial charge on any atom is -0.486 e. The molecule has 5 heteroatoms. The summed E-state index contributed by atoms with van der Waals surface area (Å²) in [5.74, 6) is 1.71. The zero-order chi connectivity index (χ0) is 13.1. The smallest absolute Gasteiger partial charge is 0.157 e. The fraction of sp³-hybridized carbons (Fsp3) is 0.500. The number of hydrogen-bond donors (Lipinski definition) is 1. The first-order valence-electron chi connectivity index (χ1n) is 6.64. The van der Waals surface area contributed by atoms with Gasteiger partial charge in [-0.3, -0.25) is 0 Å². The highest BCUT2D eigenvalue weighted by molar-refractivity contribution is 5.27. The van der Waals surface area contributed by atoms with Crippen LogP contribution in [0.25, 0.3) is 0 Å². The Kier molecular flexibility index (Phi) is 3.55. The van der Waals surface area contributed by atoms with Gasteiger partial charge in [-0.2, -0.15) is 0 Å². The van der Waals surface area contributed by atoms with Crippen molar-refractivity contribution in [3.05, 3.63) is 42.4 Å². The molecule has 1 saturated heterocycles. The van der Waals surface area contributed by atoms with Crippen molar-refractivity contribution in [2.75, 3.05) is 13.2 Å². The molecule has 0 amide bonds. The van der Waals surface area contributed by atoms with E-state index < -0.39 is 0 Å². The van der Waals surface area contributed by atoms with E-state index in [1.165, 1.54) is 0 Å². The van der Waals surface area contributed by atoms with E-state index in [9.17, 15) is 5.11 Å². The summed E-state index contributed by atoms with van der Waals surface area (Å²) in [7, 11) is 0. The molecule has 1 N–H and O–H groups in total. The summed E-state index contributed by atoms with van der Waals surface area (Å²) < 4.78 is 13.0. The standard InChI is InChI=1S/C14H18N2O3/c17-12(3-5-16-6-4-15-10-16)11-1-2-13-14(9-11)19-8-7-18-13/h2,4,6,9-12,17H,1,3,5,7-8H2/t11?,12-/m1/s1. The van der Waals surface area contributed by atoms with Gasteiger partial charge in [-0.05, 0) is 25.0 Å². The molecule has 102 valence electrons. The third-order valence-corrected chi connectivity index (χ3v) is 3.52. The lowest BCUT2D eigenvalue weighted by Crippen LogP contribution is -2.25. The highest BCUT2D eigenvalue weighted by Crippen LogP contribution is 2.29. The van der Waals surface area contributed by atoms with Crippen LogP contribution in [-0.4, -0.2) is 34.0 Å². The van der Waals surface area contributed by atoms with Gasteiger partial charge in [0.05, 0.1) is 12.4 Å². The Bertz CT molecular complexity index is 479. The zero-order valence-electron chi connectivity index (χ0n) is 10.7. The van der Waals surface area contributed by atoms with Crippen LogP contribution >= 0.6 is 0 Å². The molecule has 0 aromatic carbocycles. The van der Waals surface area contributed by atoms with Gasteiger partial charge >= 0.3 is 0 Å². The van der Waals surface area contributed by atoms with Crippen LogP contribution in [-0.2, 0) is 16.0 Å². The largest absolute Gasteiger partial charge is 0.486 e. The Labute approximate surface area is 112 Å². The third kappa shape index (κ3) is 2.81. The number of aliphatic hydroxyl groups is 1. The van der Waals surface area contributed by atoms with Crippen molar-refractivity contribution in [2.45, 2.75) is 25.5 Å². The topological polar surface area (TPSA) is 56.5 Å². The molecule has 1 aliphatic carbocycles. The monoisotopic (exact) mass is 262 g/mol. The quantitative estimate of drug-likeness (QED) is 0.892. The third-order valence-electron chi connectivity index (χ3n) is 3.52. The van der Waals surface area contributed by atoms with E-state index >= 15 is 0 Å². The van der Waals surface area contributed by atoms with Crippen molar-refractivity contribution < 1.29 is 14.6 Å². The van der Waals surface area contributed by atoms with Crippen LogP contribution < -0.4 is 0 Å². The number of ether oxygens (including phenoxy) is 2. The molecule has 3 rings (SSSR count). The van der Waals surface area contributed by atoms with Crippen molar-refractivity contribution in [1.82, 2.24) is 9.55 Å².